The number of hydrogen-bond donors (Lipinski definition) is 0. The smallest absolute Gasteiger partial charge is 0.228 e. The monoisotopic (exact) mass is 535 g/mol. The molecule has 0 radical (unpaired) electrons. The standard InChI is InChI=1S/C32H42ClN3O2/c1-4-30(37)36(26-14-17-32(2,3)18-15-26)27-16-19-34(20-27)31(38)29-22-35(25-8-6-5-7-9-25)21-28(29)23-10-12-24(33)13-11-23/h5-13,26-29H,4,14-22H2,1-3H3/t27-,28-,29+/m0/s1. The summed E-state index contributed by atoms with van der Waals surface area (Å²) in [5, 5.41) is 0.712. The second kappa shape index (κ2) is 11.3. The Morgan fingerprint density at radius 1 is 0.921 bits per heavy atom. The van der Waals surface area contributed by atoms with Crippen molar-refractivity contribution < 1.29 is 9.59 Å². The van der Waals surface area contributed by atoms with Gasteiger partial charge in [0.05, 0.1) is 12.0 Å². The average Bonchev–Trinajstić information content (AvgIpc) is 3.59. The summed E-state index contributed by atoms with van der Waals surface area (Å²) in [6.07, 6.45) is 5.84. The highest BCUT2D eigenvalue weighted by Crippen LogP contribution is 2.40. The van der Waals surface area contributed by atoms with Gasteiger partial charge in [-0.05, 0) is 67.3 Å². The molecule has 1 aliphatic carbocycles. The van der Waals surface area contributed by atoms with Crippen molar-refractivity contribution in [2.45, 2.75) is 77.3 Å². The van der Waals surface area contributed by atoms with Crippen molar-refractivity contribution in [3.8, 4) is 0 Å². The van der Waals surface area contributed by atoms with E-state index >= 15 is 0 Å². The van der Waals surface area contributed by atoms with Crippen LogP contribution in [0.5, 0.6) is 0 Å². The topological polar surface area (TPSA) is 43.9 Å². The first-order valence-electron chi connectivity index (χ1n) is 14.4. The van der Waals surface area contributed by atoms with Crippen molar-refractivity contribution in [1.82, 2.24) is 9.80 Å². The maximum absolute atomic E-state index is 14.1. The summed E-state index contributed by atoms with van der Waals surface area (Å²) in [4.78, 5) is 33.9. The van der Waals surface area contributed by atoms with Crippen molar-refractivity contribution >= 4 is 29.1 Å². The molecule has 2 saturated heterocycles. The molecule has 0 spiro atoms. The van der Waals surface area contributed by atoms with Gasteiger partial charge in [-0.2, -0.15) is 0 Å². The Labute approximate surface area is 233 Å². The average molecular weight is 536 g/mol. The van der Waals surface area contributed by atoms with E-state index < -0.39 is 0 Å². The molecule has 6 heteroatoms. The molecule has 2 aliphatic heterocycles. The number of para-hydroxylation sites is 1. The summed E-state index contributed by atoms with van der Waals surface area (Å²) in [6.45, 7) is 9.52. The lowest BCUT2D eigenvalue weighted by Gasteiger charge is -2.43. The quantitative estimate of drug-likeness (QED) is 0.432. The van der Waals surface area contributed by atoms with E-state index in [1.54, 1.807) is 0 Å². The van der Waals surface area contributed by atoms with Crippen molar-refractivity contribution in [2.24, 2.45) is 11.3 Å². The van der Waals surface area contributed by atoms with E-state index in [0.717, 1.165) is 56.4 Å². The third-order valence-corrected chi connectivity index (χ3v) is 9.47. The minimum absolute atomic E-state index is 0.105. The Morgan fingerprint density at radius 3 is 2.26 bits per heavy atom. The van der Waals surface area contributed by atoms with E-state index in [1.165, 1.54) is 0 Å². The van der Waals surface area contributed by atoms with Crippen LogP contribution in [0.4, 0.5) is 5.69 Å². The van der Waals surface area contributed by atoms with Crippen LogP contribution in [-0.2, 0) is 9.59 Å². The highest BCUT2D eigenvalue weighted by Gasteiger charge is 2.44. The minimum Gasteiger partial charge on any atom is -0.370 e. The predicted octanol–water partition coefficient (Wildman–Crippen LogP) is 6.37. The zero-order chi connectivity index (χ0) is 26.9. The van der Waals surface area contributed by atoms with E-state index in [1.807, 2.05) is 25.1 Å². The molecular formula is C32H42ClN3O2. The SMILES string of the molecule is CCC(=O)N(C1CCC(C)(C)CC1)[C@H]1CCN(C(=O)[C@@H]2CN(c3ccccc3)C[C@H]2c2ccc(Cl)cc2)C1. The molecule has 1 saturated carbocycles. The fourth-order valence-electron chi connectivity index (χ4n) is 6.91. The predicted molar refractivity (Wildman–Crippen MR) is 154 cm³/mol. The van der Waals surface area contributed by atoms with Gasteiger partial charge < -0.3 is 14.7 Å². The van der Waals surface area contributed by atoms with E-state index in [4.69, 9.17) is 11.6 Å². The normalized spacial score (nSPS) is 25.5. The highest BCUT2D eigenvalue weighted by atomic mass is 35.5. The van der Waals surface area contributed by atoms with Crippen LogP contribution in [0.1, 0.15) is 70.8 Å². The van der Waals surface area contributed by atoms with Crippen LogP contribution < -0.4 is 4.90 Å². The Hall–Kier alpha value is -2.53. The maximum Gasteiger partial charge on any atom is 0.228 e. The highest BCUT2D eigenvalue weighted by molar-refractivity contribution is 6.30. The second-order valence-electron chi connectivity index (χ2n) is 12.3. The van der Waals surface area contributed by atoms with Gasteiger partial charge in [0.25, 0.3) is 0 Å². The molecule has 3 fully saturated rings. The number of rotatable bonds is 6. The third-order valence-electron chi connectivity index (χ3n) is 9.22. The van der Waals surface area contributed by atoms with Gasteiger partial charge in [0.1, 0.15) is 0 Å². The van der Waals surface area contributed by atoms with Gasteiger partial charge in [-0.1, -0.05) is 62.7 Å². The van der Waals surface area contributed by atoms with Gasteiger partial charge in [0.2, 0.25) is 11.8 Å². The number of carbonyl (C=O) groups excluding carboxylic acids is 2. The summed E-state index contributed by atoms with van der Waals surface area (Å²) in [5.74, 6) is 0.442. The zero-order valence-electron chi connectivity index (χ0n) is 23.1. The van der Waals surface area contributed by atoms with Crippen LogP contribution in [0.2, 0.25) is 5.02 Å². The molecule has 38 heavy (non-hydrogen) atoms. The maximum atomic E-state index is 14.1. The summed E-state index contributed by atoms with van der Waals surface area (Å²) >= 11 is 6.19. The van der Waals surface area contributed by atoms with Crippen LogP contribution >= 0.6 is 11.6 Å². The summed E-state index contributed by atoms with van der Waals surface area (Å²) < 4.78 is 0. The van der Waals surface area contributed by atoms with Gasteiger partial charge in [0.15, 0.2) is 0 Å². The molecule has 2 aromatic carbocycles. The minimum atomic E-state index is -0.124. The molecule has 3 atom stereocenters. The number of nitrogens with zero attached hydrogens (tertiary/aromatic N) is 3. The molecule has 0 N–H and O–H groups in total. The number of likely N-dealkylation sites (tertiary alicyclic amines) is 1. The molecule has 2 amide bonds. The lowest BCUT2D eigenvalue weighted by molar-refractivity contribution is -0.139. The number of anilines is 1. The van der Waals surface area contributed by atoms with Crippen molar-refractivity contribution in [2.75, 3.05) is 31.1 Å². The molecular weight excluding hydrogens is 494 g/mol. The first-order valence-corrected chi connectivity index (χ1v) is 14.8. The zero-order valence-corrected chi connectivity index (χ0v) is 23.9. The number of benzene rings is 2. The third kappa shape index (κ3) is 5.73. The van der Waals surface area contributed by atoms with Crippen LogP contribution in [-0.4, -0.2) is 59.9 Å². The molecule has 0 bridgehead atoms. The van der Waals surface area contributed by atoms with Crippen molar-refractivity contribution in [3.63, 3.8) is 0 Å². The Kier molecular flexibility index (Phi) is 8.04. The van der Waals surface area contributed by atoms with Crippen LogP contribution in [0.3, 0.4) is 0 Å². The molecule has 5 nitrogen and oxygen atoms in total. The fraction of sp³-hybridized carbons (Fsp3) is 0.562. The van der Waals surface area contributed by atoms with Crippen LogP contribution in [0.25, 0.3) is 0 Å². The molecule has 2 heterocycles. The van der Waals surface area contributed by atoms with Gasteiger partial charge in [-0.3, -0.25) is 9.59 Å². The first kappa shape index (κ1) is 27.1. The molecule has 5 rings (SSSR count). The molecule has 0 aromatic heterocycles. The lowest BCUT2D eigenvalue weighted by atomic mass is 9.75. The number of hydrogen-bond acceptors (Lipinski definition) is 3. The molecule has 3 aliphatic rings. The van der Waals surface area contributed by atoms with E-state index in [-0.39, 0.29) is 29.7 Å². The summed E-state index contributed by atoms with van der Waals surface area (Å²) in [5.41, 5.74) is 2.68. The fourth-order valence-corrected chi connectivity index (χ4v) is 7.03. The largest absolute Gasteiger partial charge is 0.370 e. The van der Waals surface area contributed by atoms with Gasteiger partial charge in [0, 0.05) is 55.3 Å². The van der Waals surface area contributed by atoms with Gasteiger partial charge in [-0.15, -0.1) is 0 Å². The second-order valence-corrected chi connectivity index (χ2v) is 12.7. The lowest BCUT2D eigenvalue weighted by Crippen LogP contribution is -2.50. The number of carbonyl (C=O) groups is 2. The van der Waals surface area contributed by atoms with E-state index in [2.05, 4.69) is 64.9 Å². The van der Waals surface area contributed by atoms with Gasteiger partial charge >= 0.3 is 0 Å². The Morgan fingerprint density at radius 2 is 1.61 bits per heavy atom. The van der Waals surface area contributed by atoms with Crippen molar-refractivity contribution in [3.05, 3.63) is 65.2 Å². The molecule has 0 unspecified atom stereocenters. The van der Waals surface area contributed by atoms with E-state index in [9.17, 15) is 9.59 Å². The Balaban J connectivity index is 1.33. The Bertz CT molecular complexity index is 1110. The van der Waals surface area contributed by atoms with Crippen molar-refractivity contribution in [1.29, 1.82) is 0 Å². The van der Waals surface area contributed by atoms with E-state index in [0.29, 0.717) is 36.0 Å². The molecule has 204 valence electrons. The number of amides is 2. The summed E-state index contributed by atoms with van der Waals surface area (Å²) in [6, 6.07) is 18.8. The number of halogens is 1. The molecule has 2 aromatic rings. The summed E-state index contributed by atoms with van der Waals surface area (Å²) in [7, 11) is 0. The first-order chi connectivity index (χ1) is 18.3. The van der Waals surface area contributed by atoms with Crippen LogP contribution in [0, 0.1) is 11.3 Å². The van der Waals surface area contributed by atoms with Crippen LogP contribution in [0.15, 0.2) is 54.6 Å². The van der Waals surface area contributed by atoms with Gasteiger partial charge in [-0.25, -0.2) is 0 Å².